The molecule has 0 saturated carbocycles. The fraction of sp³-hybridized carbons (Fsp3) is 0.278. The molecule has 2 heterocycles. The van der Waals surface area contributed by atoms with E-state index in [1.165, 1.54) is 0 Å². The van der Waals surface area contributed by atoms with Gasteiger partial charge in [0.25, 0.3) is 0 Å². The Morgan fingerprint density at radius 1 is 1.09 bits per heavy atom. The zero-order valence-corrected chi connectivity index (χ0v) is 13.2. The third kappa shape index (κ3) is 2.91. The Balaban J connectivity index is 2.00. The van der Waals surface area contributed by atoms with Gasteiger partial charge in [-0.3, -0.25) is 9.67 Å². The van der Waals surface area contributed by atoms with Gasteiger partial charge in [0.15, 0.2) is 0 Å². The molecule has 0 aliphatic heterocycles. The van der Waals surface area contributed by atoms with Crippen LogP contribution in [0.5, 0.6) is 0 Å². The van der Waals surface area contributed by atoms with Crippen molar-refractivity contribution in [2.75, 3.05) is 0 Å². The molecule has 2 aromatic heterocycles. The highest BCUT2D eigenvalue weighted by Gasteiger charge is 2.08. The van der Waals surface area contributed by atoms with Gasteiger partial charge in [0.1, 0.15) is 0 Å². The number of nitrogens with zero attached hydrogens (tertiary/aromatic N) is 4. The van der Waals surface area contributed by atoms with Crippen LogP contribution in [0.2, 0.25) is 0 Å². The molecule has 0 atom stereocenters. The standard InChI is InChI=1S/C18H20N4/c1-4-9-22-10-8-17(21-22)15-6-5-7-16(11-15)18-14(3)19-12-13(2)20-18/h5-8,10-12H,4,9H2,1-3H3. The van der Waals surface area contributed by atoms with Crippen LogP contribution in [-0.4, -0.2) is 19.7 Å². The molecular weight excluding hydrogens is 272 g/mol. The zero-order valence-electron chi connectivity index (χ0n) is 13.2. The van der Waals surface area contributed by atoms with Crippen LogP contribution in [0.25, 0.3) is 22.5 Å². The van der Waals surface area contributed by atoms with E-state index in [9.17, 15) is 0 Å². The fourth-order valence-electron chi connectivity index (χ4n) is 2.51. The van der Waals surface area contributed by atoms with Crippen molar-refractivity contribution in [3.8, 4) is 22.5 Å². The van der Waals surface area contributed by atoms with Gasteiger partial charge in [-0.1, -0.05) is 25.1 Å². The van der Waals surface area contributed by atoms with E-state index < -0.39 is 0 Å². The van der Waals surface area contributed by atoms with Crippen molar-refractivity contribution >= 4 is 0 Å². The molecule has 3 rings (SSSR count). The first kappa shape index (κ1) is 14.4. The summed E-state index contributed by atoms with van der Waals surface area (Å²) in [5.74, 6) is 0. The smallest absolute Gasteiger partial charge is 0.0923 e. The normalized spacial score (nSPS) is 10.9. The summed E-state index contributed by atoms with van der Waals surface area (Å²) in [6.45, 7) is 7.06. The van der Waals surface area contributed by atoms with Gasteiger partial charge in [-0.05, 0) is 32.4 Å². The molecule has 0 spiro atoms. The molecule has 112 valence electrons. The topological polar surface area (TPSA) is 43.6 Å². The van der Waals surface area contributed by atoms with Crippen molar-refractivity contribution in [1.82, 2.24) is 19.7 Å². The van der Waals surface area contributed by atoms with Crippen molar-refractivity contribution in [3.63, 3.8) is 0 Å². The van der Waals surface area contributed by atoms with Crippen molar-refractivity contribution in [1.29, 1.82) is 0 Å². The third-order valence-corrected chi connectivity index (χ3v) is 3.60. The highest BCUT2D eigenvalue weighted by atomic mass is 15.3. The molecular formula is C18H20N4. The van der Waals surface area contributed by atoms with Gasteiger partial charge >= 0.3 is 0 Å². The summed E-state index contributed by atoms with van der Waals surface area (Å²) in [6, 6.07) is 10.4. The summed E-state index contributed by atoms with van der Waals surface area (Å²) >= 11 is 0. The quantitative estimate of drug-likeness (QED) is 0.729. The van der Waals surface area contributed by atoms with E-state index in [1.54, 1.807) is 6.20 Å². The molecule has 0 bridgehead atoms. The van der Waals surface area contributed by atoms with Gasteiger partial charge in [-0.15, -0.1) is 0 Å². The van der Waals surface area contributed by atoms with Gasteiger partial charge in [0.05, 0.1) is 22.8 Å². The monoisotopic (exact) mass is 292 g/mol. The van der Waals surface area contributed by atoms with E-state index in [4.69, 9.17) is 0 Å². The van der Waals surface area contributed by atoms with Gasteiger partial charge < -0.3 is 0 Å². The summed E-state index contributed by atoms with van der Waals surface area (Å²) < 4.78 is 1.99. The predicted octanol–water partition coefficient (Wildman–Crippen LogP) is 4.03. The van der Waals surface area contributed by atoms with Gasteiger partial charge in [0, 0.05) is 30.1 Å². The minimum atomic E-state index is 0.929. The van der Waals surface area contributed by atoms with Crippen molar-refractivity contribution in [2.45, 2.75) is 33.7 Å². The molecule has 0 saturated heterocycles. The molecule has 0 N–H and O–H groups in total. The Bertz CT molecular complexity index is 789. The lowest BCUT2D eigenvalue weighted by Gasteiger charge is -2.07. The SMILES string of the molecule is CCCn1ccc(-c2cccc(-c3nc(C)cnc3C)c2)n1. The van der Waals surface area contributed by atoms with Gasteiger partial charge in [-0.2, -0.15) is 5.10 Å². The maximum atomic E-state index is 4.63. The highest BCUT2D eigenvalue weighted by Crippen LogP contribution is 2.25. The molecule has 1 aromatic carbocycles. The van der Waals surface area contributed by atoms with Crippen LogP contribution < -0.4 is 0 Å². The molecule has 0 aliphatic carbocycles. The average molecular weight is 292 g/mol. The van der Waals surface area contributed by atoms with Gasteiger partial charge in [-0.25, -0.2) is 4.98 Å². The van der Waals surface area contributed by atoms with Crippen LogP contribution in [0.3, 0.4) is 0 Å². The molecule has 0 aliphatic rings. The zero-order chi connectivity index (χ0) is 15.5. The summed E-state index contributed by atoms with van der Waals surface area (Å²) in [4.78, 5) is 9.03. The lowest BCUT2D eigenvalue weighted by atomic mass is 10.0. The molecule has 0 radical (unpaired) electrons. The van der Waals surface area contributed by atoms with Crippen molar-refractivity contribution in [2.24, 2.45) is 0 Å². The minimum Gasteiger partial charge on any atom is -0.272 e. The second-order valence-corrected chi connectivity index (χ2v) is 5.49. The Morgan fingerprint density at radius 3 is 2.73 bits per heavy atom. The van der Waals surface area contributed by atoms with Crippen molar-refractivity contribution < 1.29 is 0 Å². The minimum absolute atomic E-state index is 0.929. The van der Waals surface area contributed by atoms with Crippen LogP contribution in [0.1, 0.15) is 24.7 Å². The summed E-state index contributed by atoms with van der Waals surface area (Å²) in [6.07, 6.45) is 4.91. The number of aromatic nitrogens is 4. The Kier molecular flexibility index (Phi) is 4.00. The number of benzene rings is 1. The first-order chi connectivity index (χ1) is 10.7. The molecule has 22 heavy (non-hydrogen) atoms. The second kappa shape index (κ2) is 6.10. The van der Waals surface area contributed by atoms with Crippen LogP contribution in [0.15, 0.2) is 42.7 Å². The lowest BCUT2D eigenvalue weighted by Crippen LogP contribution is -1.97. The Labute approximate surface area is 130 Å². The average Bonchev–Trinajstić information content (AvgIpc) is 2.99. The fourth-order valence-corrected chi connectivity index (χ4v) is 2.51. The number of aryl methyl sites for hydroxylation is 3. The summed E-state index contributed by atoms with van der Waals surface area (Å²) in [7, 11) is 0. The Morgan fingerprint density at radius 2 is 1.91 bits per heavy atom. The van der Waals surface area contributed by atoms with E-state index in [0.717, 1.165) is 46.9 Å². The number of hydrogen-bond acceptors (Lipinski definition) is 3. The predicted molar refractivity (Wildman–Crippen MR) is 88.5 cm³/mol. The third-order valence-electron chi connectivity index (χ3n) is 3.60. The van der Waals surface area contributed by atoms with Crippen LogP contribution in [-0.2, 0) is 6.54 Å². The van der Waals surface area contributed by atoms with Crippen LogP contribution in [0.4, 0.5) is 0 Å². The van der Waals surface area contributed by atoms with E-state index in [1.807, 2.05) is 30.8 Å². The molecule has 0 fully saturated rings. The van der Waals surface area contributed by atoms with Gasteiger partial charge in [0.2, 0.25) is 0 Å². The highest BCUT2D eigenvalue weighted by molar-refractivity contribution is 5.70. The number of hydrogen-bond donors (Lipinski definition) is 0. The summed E-state index contributed by atoms with van der Waals surface area (Å²) in [5.41, 5.74) is 5.99. The largest absolute Gasteiger partial charge is 0.272 e. The maximum absolute atomic E-state index is 4.63. The Hall–Kier alpha value is -2.49. The van der Waals surface area contributed by atoms with E-state index in [2.05, 4.69) is 46.3 Å². The molecule has 0 amide bonds. The second-order valence-electron chi connectivity index (χ2n) is 5.49. The maximum Gasteiger partial charge on any atom is 0.0923 e. The van der Waals surface area contributed by atoms with Crippen LogP contribution in [0, 0.1) is 13.8 Å². The summed E-state index contributed by atoms with van der Waals surface area (Å²) in [5, 5.41) is 4.63. The lowest BCUT2D eigenvalue weighted by molar-refractivity contribution is 0.604. The molecule has 4 nitrogen and oxygen atoms in total. The molecule has 0 unspecified atom stereocenters. The number of rotatable bonds is 4. The molecule has 4 heteroatoms. The van der Waals surface area contributed by atoms with Crippen LogP contribution >= 0.6 is 0 Å². The first-order valence-corrected chi connectivity index (χ1v) is 7.62. The van der Waals surface area contributed by atoms with Crippen molar-refractivity contribution in [3.05, 3.63) is 54.1 Å². The first-order valence-electron chi connectivity index (χ1n) is 7.62. The molecule has 3 aromatic rings. The van der Waals surface area contributed by atoms with E-state index in [0.29, 0.717) is 0 Å². The van der Waals surface area contributed by atoms with E-state index >= 15 is 0 Å². The van der Waals surface area contributed by atoms with E-state index in [-0.39, 0.29) is 0 Å².